The molecule has 2 heterocycles. The molecule has 2 aromatic heterocycles. The van der Waals surface area contributed by atoms with Gasteiger partial charge in [0.1, 0.15) is 5.58 Å². The van der Waals surface area contributed by atoms with Crippen molar-refractivity contribution in [1.82, 2.24) is 4.98 Å². The van der Waals surface area contributed by atoms with Crippen LogP contribution in [0.3, 0.4) is 0 Å². The summed E-state index contributed by atoms with van der Waals surface area (Å²) in [5, 5.41) is 5.57. The molecule has 0 amide bonds. The average Bonchev–Trinajstić information content (AvgIpc) is 3.07. The van der Waals surface area contributed by atoms with Gasteiger partial charge in [0.05, 0.1) is 0 Å². The van der Waals surface area contributed by atoms with Crippen LogP contribution >= 0.6 is 0 Å². The lowest BCUT2D eigenvalue weighted by molar-refractivity contribution is 0.654. The van der Waals surface area contributed by atoms with Crippen LogP contribution < -0.4 is 5.32 Å². The lowest BCUT2D eigenvalue weighted by Gasteiger charge is -2.08. The molecule has 26 heavy (non-hydrogen) atoms. The van der Waals surface area contributed by atoms with Crippen molar-refractivity contribution in [1.29, 1.82) is 0 Å². The lowest BCUT2D eigenvalue weighted by atomic mass is 10.1. The predicted octanol–water partition coefficient (Wildman–Crippen LogP) is 6.39. The van der Waals surface area contributed by atoms with E-state index in [-0.39, 0.29) is 0 Å². The van der Waals surface area contributed by atoms with Crippen molar-refractivity contribution >= 4 is 33.4 Å². The first-order valence-corrected chi connectivity index (χ1v) is 8.57. The second-order valence-electron chi connectivity index (χ2n) is 6.24. The lowest BCUT2D eigenvalue weighted by Crippen LogP contribution is -1.89. The Labute approximate surface area is 150 Å². The van der Waals surface area contributed by atoms with Gasteiger partial charge in [-0.1, -0.05) is 42.5 Å². The number of furan rings is 1. The molecule has 0 saturated heterocycles. The zero-order valence-electron chi connectivity index (χ0n) is 14.0. The van der Waals surface area contributed by atoms with Gasteiger partial charge in [-0.05, 0) is 53.6 Å². The second kappa shape index (κ2) is 6.05. The van der Waals surface area contributed by atoms with Crippen LogP contribution in [0, 0.1) is 0 Å². The van der Waals surface area contributed by atoms with Gasteiger partial charge < -0.3 is 9.73 Å². The minimum Gasteiger partial charge on any atom is -0.438 e. The fraction of sp³-hybridized carbons (Fsp3) is 0. The molecule has 0 saturated carbocycles. The molecule has 5 aromatic rings. The fourth-order valence-electron chi connectivity index (χ4n) is 3.23. The molecule has 124 valence electrons. The van der Waals surface area contributed by atoms with Crippen molar-refractivity contribution in [3.8, 4) is 11.1 Å². The number of hydrogen-bond acceptors (Lipinski definition) is 3. The molecular formula is C23H16N2O. The van der Waals surface area contributed by atoms with Crippen LogP contribution in [0.15, 0.2) is 95.5 Å². The fourth-order valence-corrected chi connectivity index (χ4v) is 3.23. The van der Waals surface area contributed by atoms with Crippen molar-refractivity contribution in [3.63, 3.8) is 0 Å². The van der Waals surface area contributed by atoms with Crippen LogP contribution in [0.1, 0.15) is 0 Å². The van der Waals surface area contributed by atoms with Crippen LogP contribution in [0.25, 0.3) is 33.2 Å². The Bertz CT molecular complexity index is 1190. The van der Waals surface area contributed by atoms with E-state index in [4.69, 9.17) is 4.42 Å². The van der Waals surface area contributed by atoms with Gasteiger partial charge in [0, 0.05) is 28.3 Å². The third-order valence-corrected chi connectivity index (χ3v) is 4.53. The van der Waals surface area contributed by atoms with E-state index in [1.807, 2.05) is 30.3 Å². The number of nitrogens with zero attached hydrogens (tertiary/aromatic N) is 1. The number of hydrogen-bond donors (Lipinski definition) is 1. The number of nitrogens with one attached hydrogen (secondary N) is 1. The van der Waals surface area contributed by atoms with Gasteiger partial charge in [0.25, 0.3) is 0 Å². The van der Waals surface area contributed by atoms with Gasteiger partial charge >= 0.3 is 0 Å². The highest BCUT2D eigenvalue weighted by Crippen LogP contribution is 2.30. The number of pyridine rings is 1. The maximum absolute atomic E-state index is 5.78. The summed E-state index contributed by atoms with van der Waals surface area (Å²) in [5.41, 5.74) is 6.03. The third-order valence-electron chi connectivity index (χ3n) is 4.53. The second-order valence-corrected chi connectivity index (χ2v) is 6.24. The Kier molecular flexibility index (Phi) is 3.42. The Morgan fingerprint density at radius 1 is 0.654 bits per heavy atom. The minimum atomic E-state index is 0.673. The number of benzene rings is 3. The smallest absolute Gasteiger partial charge is 0.227 e. The average molecular weight is 336 g/mol. The van der Waals surface area contributed by atoms with Crippen molar-refractivity contribution < 1.29 is 4.42 Å². The Balaban J connectivity index is 1.46. The quantitative estimate of drug-likeness (QED) is 0.415. The summed E-state index contributed by atoms with van der Waals surface area (Å²) in [4.78, 5) is 4.28. The van der Waals surface area contributed by atoms with E-state index < -0.39 is 0 Å². The van der Waals surface area contributed by atoms with Gasteiger partial charge in [0.15, 0.2) is 0 Å². The molecule has 0 radical (unpaired) electrons. The van der Waals surface area contributed by atoms with Crippen molar-refractivity contribution in [3.05, 3.63) is 91.1 Å². The summed E-state index contributed by atoms with van der Waals surface area (Å²) in [6, 6.07) is 28.9. The van der Waals surface area contributed by atoms with E-state index in [2.05, 4.69) is 64.9 Å². The van der Waals surface area contributed by atoms with E-state index in [0.717, 1.165) is 27.7 Å². The zero-order valence-corrected chi connectivity index (χ0v) is 14.0. The third kappa shape index (κ3) is 2.60. The number of anilines is 2. The van der Waals surface area contributed by atoms with Crippen LogP contribution in [0.5, 0.6) is 0 Å². The van der Waals surface area contributed by atoms with E-state index in [1.54, 1.807) is 6.20 Å². The molecule has 0 spiro atoms. The van der Waals surface area contributed by atoms with E-state index in [1.165, 1.54) is 11.1 Å². The Hall–Kier alpha value is -3.59. The molecule has 5 rings (SSSR count). The molecule has 3 aromatic carbocycles. The highest BCUT2D eigenvalue weighted by molar-refractivity contribution is 6.04. The SMILES string of the molecule is c1ccc(-c2ccc(Nc3ccc4oc5ncccc5c4c3)cc2)cc1. The molecule has 0 aliphatic rings. The van der Waals surface area contributed by atoms with Crippen molar-refractivity contribution in [2.24, 2.45) is 0 Å². The molecule has 0 aliphatic heterocycles. The number of fused-ring (bicyclic) bond motifs is 3. The summed E-state index contributed by atoms with van der Waals surface area (Å²) in [7, 11) is 0. The largest absolute Gasteiger partial charge is 0.438 e. The first-order valence-electron chi connectivity index (χ1n) is 8.57. The van der Waals surface area contributed by atoms with Crippen LogP contribution in [-0.2, 0) is 0 Å². The maximum Gasteiger partial charge on any atom is 0.227 e. The van der Waals surface area contributed by atoms with Gasteiger partial charge in [-0.25, -0.2) is 4.98 Å². The number of aromatic nitrogens is 1. The Morgan fingerprint density at radius 2 is 1.42 bits per heavy atom. The van der Waals surface area contributed by atoms with Crippen LogP contribution in [0.2, 0.25) is 0 Å². The summed E-state index contributed by atoms with van der Waals surface area (Å²) >= 11 is 0. The predicted molar refractivity (Wildman–Crippen MR) is 107 cm³/mol. The van der Waals surface area contributed by atoms with Gasteiger partial charge in [-0.15, -0.1) is 0 Å². The molecule has 0 aliphatic carbocycles. The minimum absolute atomic E-state index is 0.673. The van der Waals surface area contributed by atoms with E-state index >= 15 is 0 Å². The van der Waals surface area contributed by atoms with Gasteiger partial charge in [-0.2, -0.15) is 0 Å². The molecule has 0 bridgehead atoms. The molecule has 3 nitrogen and oxygen atoms in total. The molecule has 0 atom stereocenters. The molecule has 0 fully saturated rings. The van der Waals surface area contributed by atoms with E-state index in [0.29, 0.717) is 5.71 Å². The highest BCUT2D eigenvalue weighted by Gasteiger charge is 2.08. The summed E-state index contributed by atoms with van der Waals surface area (Å²) in [6.07, 6.45) is 1.75. The Morgan fingerprint density at radius 3 is 2.27 bits per heavy atom. The molecule has 3 heteroatoms. The van der Waals surface area contributed by atoms with E-state index in [9.17, 15) is 0 Å². The molecular weight excluding hydrogens is 320 g/mol. The summed E-state index contributed by atoms with van der Waals surface area (Å²) < 4.78 is 5.78. The topological polar surface area (TPSA) is 38.1 Å². The maximum atomic E-state index is 5.78. The molecule has 0 unspecified atom stereocenters. The molecule has 1 N–H and O–H groups in total. The van der Waals surface area contributed by atoms with Crippen LogP contribution in [-0.4, -0.2) is 4.98 Å². The van der Waals surface area contributed by atoms with Crippen molar-refractivity contribution in [2.45, 2.75) is 0 Å². The summed E-state index contributed by atoms with van der Waals surface area (Å²) in [6.45, 7) is 0. The standard InChI is InChI=1S/C23H16N2O/c1-2-5-16(6-3-1)17-8-10-18(11-9-17)25-19-12-13-22-21(15-19)20-7-4-14-24-23(20)26-22/h1-15,25H. The highest BCUT2D eigenvalue weighted by atomic mass is 16.3. The van der Waals surface area contributed by atoms with Crippen LogP contribution in [0.4, 0.5) is 11.4 Å². The summed E-state index contributed by atoms with van der Waals surface area (Å²) in [5.74, 6) is 0. The van der Waals surface area contributed by atoms with Crippen molar-refractivity contribution in [2.75, 3.05) is 5.32 Å². The normalized spacial score (nSPS) is 11.1. The van der Waals surface area contributed by atoms with Gasteiger partial charge in [-0.3, -0.25) is 0 Å². The monoisotopic (exact) mass is 336 g/mol. The number of rotatable bonds is 3. The first kappa shape index (κ1) is 14.7. The first-order chi connectivity index (χ1) is 12.9. The van der Waals surface area contributed by atoms with Gasteiger partial charge in [0.2, 0.25) is 5.71 Å². The zero-order chi connectivity index (χ0) is 17.3.